The molecule has 0 heterocycles. The molecule has 0 aliphatic rings. The molecule has 0 aromatic heterocycles. The summed E-state index contributed by atoms with van der Waals surface area (Å²) in [5, 5.41) is 6.89. The van der Waals surface area contributed by atoms with Crippen LogP contribution >= 0.6 is 0 Å². The minimum Gasteiger partial charge on any atom is -0.454 e. The van der Waals surface area contributed by atoms with Gasteiger partial charge in [-0.25, -0.2) is 0 Å². The number of hydrogen-bond donors (Lipinski definition) is 2. The summed E-state index contributed by atoms with van der Waals surface area (Å²) >= 11 is 0. The zero-order chi connectivity index (χ0) is 16.7. The fourth-order valence-electron chi connectivity index (χ4n) is 2.12. The van der Waals surface area contributed by atoms with Crippen molar-refractivity contribution in [2.45, 2.75) is 6.42 Å². The molecule has 0 aliphatic heterocycles. The third kappa shape index (κ3) is 4.81. The van der Waals surface area contributed by atoms with E-state index < -0.39 is 11.9 Å². The Morgan fingerprint density at radius 3 is 2.52 bits per heavy atom. The normalized spacial score (nSPS) is 10.1. The maximum atomic E-state index is 12.0. The van der Waals surface area contributed by atoms with Gasteiger partial charge < -0.3 is 15.4 Å². The van der Waals surface area contributed by atoms with Gasteiger partial charge in [-0.05, 0) is 16.3 Å². The van der Waals surface area contributed by atoms with Crippen LogP contribution < -0.4 is 10.6 Å². The number of nitrogens with one attached hydrogen (secondary N) is 2. The van der Waals surface area contributed by atoms with E-state index in [1.807, 2.05) is 42.5 Å². The van der Waals surface area contributed by atoms with Gasteiger partial charge in [-0.15, -0.1) is 0 Å². The van der Waals surface area contributed by atoms with Gasteiger partial charge in [0.15, 0.2) is 6.61 Å². The predicted octanol–water partition coefficient (Wildman–Crippen LogP) is 0.788. The summed E-state index contributed by atoms with van der Waals surface area (Å²) in [6.07, 6.45) is 0.171. The van der Waals surface area contributed by atoms with E-state index in [1.165, 1.54) is 7.05 Å². The van der Waals surface area contributed by atoms with Crippen molar-refractivity contribution in [3.05, 3.63) is 48.0 Å². The number of likely N-dealkylation sites (N-methyl/N-ethyl adjacent to an activating group) is 1. The molecule has 0 radical (unpaired) electrons. The predicted molar refractivity (Wildman–Crippen MR) is 85.7 cm³/mol. The van der Waals surface area contributed by atoms with Crippen molar-refractivity contribution >= 4 is 28.6 Å². The molecule has 0 fully saturated rings. The number of carbonyl (C=O) groups is 3. The number of carbonyl (C=O) groups excluding carboxylic acids is 3. The van der Waals surface area contributed by atoms with Crippen LogP contribution in [0.3, 0.4) is 0 Å². The first-order valence-corrected chi connectivity index (χ1v) is 7.19. The largest absolute Gasteiger partial charge is 0.454 e. The number of fused-ring (bicyclic) bond motifs is 1. The molecule has 2 amide bonds. The Balaban J connectivity index is 1.87. The van der Waals surface area contributed by atoms with Crippen molar-refractivity contribution in [1.82, 2.24) is 10.6 Å². The third-order valence-corrected chi connectivity index (χ3v) is 3.30. The van der Waals surface area contributed by atoms with Gasteiger partial charge >= 0.3 is 5.97 Å². The zero-order valence-electron chi connectivity index (χ0n) is 12.8. The molecule has 6 heteroatoms. The summed E-state index contributed by atoms with van der Waals surface area (Å²) < 4.78 is 4.70. The molecule has 120 valence electrons. The zero-order valence-corrected chi connectivity index (χ0v) is 12.8. The number of benzene rings is 2. The maximum Gasteiger partial charge on any atom is 0.325 e. The van der Waals surface area contributed by atoms with Gasteiger partial charge in [0.2, 0.25) is 5.91 Å². The molecule has 0 aliphatic carbocycles. The topological polar surface area (TPSA) is 84.5 Å². The molecule has 2 aromatic carbocycles. The molecule has 0 bridgehead atoms. The monoisotopic (exact) mass is 314 g/mol. The average Bonchev–Trinajstić information content (AvgIpc) is 2.58. The van der Waals surface area contributed by atoms with Crippen molar-refractivity contribution in [2.75, 3.05) is 20.2 Å². The fraction of sp³-hybridized carbons (Fsp3) is 0.235. The number of hydrogen-bond acceptors (Lipinski definition) is 4. The van der Waals surface area contributed by atoms with Crippen molar-refractivity contribution in [1.29, 1.82) is 0 Å². The molecule has 2 rings (SSSR count). The molecule has 2 aromatic rings. The Kier molecular flexibility index (Phi) is 5.68. The summed E-state index contributed by atoms with van der Waals surface area (Å²) in [6.45, 7) is -0.616. The Bertz CT molecular complexity index is 722. The Labute approximate surface area is 133 Å². The molecule has 6 nitrogen and oxygen atoms in total. The molecular weight excluding hydrogens is 296 g/mol. The molecule has 0 unspecified atom stereocenters. The quantitative estimate of drug-likeness (QED) is 0.772. The van der Waals surface area contributed by atoms with Crippen molar-refractivity contribution in [3.63, 3.8) is 0 Å². The van der Waals surface area contributed by atoms with Gasteiger partial charge in [-0.1, -0.05) is 42.5 Å². The third-order valence-electron chi connectivity index (χ3n) is 3.30. The standard InChI is InChI=1S/C17H18N2O4/c1-18-16(21)11-23-17(22)10-19-15(20)9-13-7-4-6-12-5-2-3-8-14(12)13/h2-8H,9-11H2,1H3,(H,18,21)(H,19,20). The van der Waals surface area contributed by atoms with Crippen LogP contribution in [0.4, 0.5) is 0 Å². The van der Waals surface area contributed by atoms with Gasteiger partial charge in [-0.2, -0.15) is 0 Å². The van der Waals surface area contributed by atoms with E-state index in [2.05, 4.69) is 10.6 Å². The van der Waals surface area contributed by atoms with E-state index in [0.717, 1.165) is 16.3 Å². The van der Waals surface area contributed by atoms with E-state index in [0.29, 0.717) is 0 Å². The second-order valence-corrected chi connectivity index (χ2v) is 4.93. The first kappa shape index (κ1) is 16.5. The van der Waals surface area contributed by atoms with Crippen LogP contribution in [0.2, 0.25) is 0 Å². The Morgan fingerprint density at radius 2 is 1.74 bits per heavy atom. The molecule has 0 saturated carbocycles. The maximum absolute atomic E-state index is 12.0. The van der Waals surface area contributed by atoms with Crippen LogP contribution in [0.1, 0.15) is 5.56 Å². The smallest absolute Gasteiger partial charge is 0.325 e. The molecule has 0 saturated heterocycles. The van der Waals surface area contributed by atoms with Crippen molar-refractivity contribution in [2.24, 2.45) is 0 Å². The Hall–Kier alpha value is -2.89. The second kappa shape index (κ2) is 7.93. The summed E-state index contributed by atoms with van der Waals surface area (Å²) in [4.78, 5) is 34.3. The van der Waals surface area contributed by atoms with Crippen LogP contribution in [0.15, 0.2) is 42.5 Å². The number of rotatable bonds is 6. The number of esters is 1. The van der Waals surface area contributed by atoms with Gasteiger partial charge in [0, 0.05) is 7.05 Å². The van der Waals surface area contributed by atoms with Crippen molar-refractivity contribution in [3.8, 4) is 0 Å². The highest BCUT2D eigenvalue weighted by Gasteiger charge is 2.10. The number of ether oxygens (including phenoxy) is 1. The lowest BCUT2D eigenvalue weighted by Crippen LogP contribution is -2.33. The second-order valence-electron chi connectivity index (χ2n) is 4.93. The van der Waals surface area contributed by atoms with Crippen LogP contribution in [0.5, 0.6) is 0 Å². The van der Waals surface area contributed by atoms with E-state index in [9.17, 15) is 14.4 Å². The lowest BCUT2D eigenvalue weighted by Gasteiger charge is -2.08. The molecule has 2 N–H and O–H groups in total. The van der Waals surface area contributed by atoms with Crippen molar-refractivity contribution < 1.29 is 19.1 Å². The first-order valence-electron chi connectivity index (χ1n) is 7.19. The first-order chi connectivity index (χ1) is 11.1. The lowest BCUT2D eigenvalue weighted by atomic mass is 10.0. The molecule has 0 atom stereocenters. The number of amides is 2. The van der Waals surface area contributed by atoms with Gasteiger partial charge in [-0.3, -0.25) is 14.4 Å². The lowest BCUT2D eigenvalue weighted by molar-refractivity contribution is -0.148. The molecular formula is C17H18N2O4. The molecule has 0 spiro atoms. The fourth-order valence-corrected chi connectivity index (χ4v) is 2.12. The summed E-state index contributed by atoms with van der Waals surface area (Å²) in [5.74, 6) is -1.33. The SMILES string of the molecule is CNC(=O)COC(=O)CNC(=O)Cc1cccc2ccccc12. The average molecular weight is 314 g/mol. The van der Waals surface area contributed by atoms with E-state index >= 15 is 0 Å². The van der Waals surface area contributed by atoms with Crippen LogP contribution in [0, 0.1) is 0 Å². The van der Waals surface area contributed by atoms with Crippen LogP contribution in [-0.4, -0.2) is 38.0 Å². The summed E-state index contributed by atoms with van der Waals surface area (Å²) in [7, 11) is 1.45. The Morgan fingerprint density at radius 1 is 1.00 bits per heavy atom. The van der Waals surface area contributed by atoms with E-state index in [4.69, 9.17) is 4.74 Å². The highest BCUT2D eigenvalue weighted by atomic mass is 16.5. The van der Waals surface area contributed by atoms with Gasteiger partial charge in [0.25, 0.3) is 5.91 Å². The van der Waals surface area contributed by atoms with Gasteiger partial charge in [0.1, 0.15) is 6.54 Å². The van der Waals surface area contributed by atoms with Crippen LogP contribution in [-0.2, 0) is 25.5 Å². The van der Waals surface area contributed by atoms with Crippen LogP contribution in [0.25, 0.3) is 10.8 Å². The molecule has 23 heavy (non-hydrogen) atoms. The summed E-state index contributed by atoms with van der Waals surface area (Å²) in [5.41, 5.74) is 0.888. The minimum absolute atomic E-state index is 0.171. The summed E-state index contributed by atoms with van der Waals surface area (Å²) in [6, 6.07) is 13.5. The highest BCUT2D eigenvalue weighted by molar-refractivity contribution is 5.91. The minimum atomic E-state index is -0.653. The van der Waals surface area contributed by atoms with E-state index in [1.54, 1.807) is 0 Å². The van der Waals surface area contributed by atoms with Gasteiger partial charge in [0.05, 0.1) is 6.42 Å². The van der Waals surface area contributed by atoms with E-state index in [-0.39, 0.29) is 25.5 Å². The highest BCUT2D eigenvalue weighted by Crippen LogP contribution is 2.18.